The minimum Gasteiger partial charge on any atom is -0.309 e. The summed E-state index contributed by atoms with van der Waals surface area (Å²) in [5, 5.41) is 10.5. The first-order chi connectivity index (χ1) is 23.9. The van der Waals surface area contributed by atoms with Crippen LogP contribution >= 0.6 is 0 Å². The number of rotatable bonds is 1. The average molecular weight is 626 g/mol. The van der Waals surface area contributed by atoms with Gasteiger partial charge >= 0.3 is 0 Å². The first kappa shape index (κ1) is 27.3. The van der Waals surface area contributed by atoms with Gasteiger partial charge in [0.05, 0.1) is 11.0 Å². The number of hydrogen-bond acceptors (Lipinski definition) is 0. The van der Waals surface area contributed by atoms with E-state index in [1.165, 1.54) is 104 Å². The first-order valence-electron chi connectivity index (χ1n) is 17.5. The topological polar surface area (TPSA) is 4.93 Å². The van der Waals surface area contributed by atoms with Crippen molar-refractivity contribution in [3.05, 3.63) is 162 Å². The van der Waals surface area contributed by atoms with Crippen molar-refractivity contribution in [1.29, 1.82) is 0 Å². The summed E-state index contributed by atoms with van der Waals surface area (Å²) < 4.78 is 2.60. The molecule has 0 amide bonds. The SMILES string of the molecule is CC1(C)c2ccccc2-c2c1c1c(c3c4ccccc4n(-c4ccc5c6ccccc6c6ccccc6c5c4)c23)C(C)(C)c2ccccc2-1. The Labute approximate surface area is 286 Å². The highest BCUT2D eigenvalue weighted by Gasteiger charge is 2.47. The minimum atomic E-state index is -0.155. The maximum absolute atomic E-state index is 2.60. The molecule has 0 N–H and O–H groups in total. The van der Waals surface area contributed by atoms with Gasteiger partial charge in [0.1, 0.15) is 0 Å². The average Bonchev–Trinajstić information content (AvgIpc) is 3.69. The van der Waals surface area contributed by atoms with E-state index in [2.05, 4.69) is 172 Å². The second-order valence-corrected chi connectivity index (χ2v) is 15.2. The first-order valence-corrected chi connectivity index (χ1v) is 17.5. The number of aromatic nitrogens is 1. The molecule has 2 aliphatic carbocycles. The van der Waals surface area contributed by atoms with Gasteiger partial charge in [-0.25, -0.2) is 0 Å². The largest absolute Gasteiger partial charge is 0.309 e. The van der Waals surface area contributed by atoms with E-state index in [1.54, 1.807) is 0 Å². The smallest absolute Gasteiger partial charge is 0.0626 e. The van der Waals surface area contributed by atoms with Gasteiger partial charge in [-0.05, 0) is 89.5 Å². The van der Waals surface area contributed by atoms with E-state index in [-0.39, 0.29) is 10.8 Å². The predicted molar refractivity (Wildman–Crippen MR) is 208 cm³/mol. The lowest BCUT2D eigenvalue weighted by atomic mass is 9.75. The van der Waals surface area contributed by atoms with Gasteiger partial charge in [0.2, 0.25) is 0 Å². The molecule has 1 heteroatoms. The van der Waals surface area contributed by atoms with E-state index in [0.717, 1.165) is 0 Å². The van der Waals surface area contributed by atoms with Crippen LogP contribution in [0.25, 0.3) is 82.1 Å². The Morgan fingerprint density at radius 2 is 0.878 bits per heavy atom. The summed E-state index contributed by atoms with van der Waals surface area (Å²) in [5.74, 6) is 0. The lowest BCUT2D eigenvalue weighted by Gasteiger charge is -2.27. The molecule has 0 fully saturated rings. The molecule has 2 aliphatic rings. The van der Waals surface area contributed by atoms with Crippen LogP contribution in [0.2, 0.25) is 0 Å². The van der Waals surface area contributed by atoms with Crippen LogP contribution in [0.1, 0.15) is 49.9 Å². The molecule has 0 spiro atoms. The third-order valence-electron chi connectivity index (χ3n) is 12.1. The molecule has 0 atom stereocenters. The van der Waals surface area contributed by atoms with E-state index in [0.29, 0.717) is 0 Å². The van der Waals surface area contributed by atoms with Gasteiger partial charge in [0.15, 0.2) is 0 Å². The highest BCUT2D eigenvalue weighted by Crippen LogP contribution is 2.63. The number of benzene rings is 8. The molecule has 11 rings (SSSR count). The zero-order chi connectivity index (χ0) is 32.8. The summed E-state index contributed by atoms with van der Waals surface area (Å²) in [6, 6.07) is 52.4. The van der Waals surface area contributed by atoms with Crippen LogP contribution < -0.4 is 0 Å². The molecule has 1 heterocycles. The van der Waals surface area contributed by atoms with Gasteiger partial charge in [0, 0.05) is 32.9 Å². The lowest BCUT2D eigenvalue weighted by Crippen LogP contribution is -2.19. The molecule has 1 nitrogen and oxygen atoms in total. The molecular weight excluding hydrogens is 591 g/mol. The van der Waals surface area contributed by atoms with Crippen LogP contribution in [-0.4, -0.2) is 4.57 Å². The molecule has 232 valence electrons. The maximum Gasteiger partial charge on any atom is 0.0626 e. The van der Waals surface area contributed by atoms with E-state index in [4.69, 9.17) is 0 Å². The monoisotopic (exact) mass is 625 g/mol. The summed E-state index contributed by atoms with van der Waals surface area (Å²) in [5.41, 5.74) is 14.8. The van der Waals surface area contributed by atoms with Crippen LogP contribution in [0.4, 0.5) is 0 Å². The Morgan fingerprint density at radius 1 is 0.408 bits per heavy atom. The molecule has 0 saturated carbocycles. The van der Waals surface area contributed by atoms with E-state index in [9.17, 15) is 0 Å². The fraction of sp³-hybridized carbons (Fsp3) is 0.125. The van der Waals surface area contributed by atoms with Crippen molar-refractivity contribution >= 4 is 54.1 Å². The van der Waals surface area contributed by atoms with Crippen molar-refractivity contribution in [2.24, 2.45) is 0 Å². The molecule has 0 aliphatic heterocycles. The van der Waals surface area contributed by atoms with Crippen molar-refractivity contribution in [3.8, 4) is 27.9 Å². The molecule has 8 aromatic carbocycles. The number of para-hydroxylation sites is 1. The Balaban J connectivity index is 1.38. The number of fused-ring (bicyclic) bond motifs is 18. The van der Waals surface area contributed by atoms with Crippen molar-refractivity contribution in [3.63, 3.8) is 0 Å². The van der Waals surface area contributed by atoms with E-state index < -0.39 is 0 Å². The molecule has 0 saturated heterocycles. The highest BCUT2D eigenvalue weighted by molar-refractivity contribution is 6.26. The molecule has 0 bridgehead atoms. The zero-order valence-corrected chi connectivity index (χ0v) is 28.2. The predicted octanol–water partition coefficient (Wildman–Crippen LogP) is 12.9. The standard InChI is InChI=1S/C48H35N/c1-47(2)38-22-12-9-19-34(38)41-44-42(35-20-10-13-23-39(35)48(44,3)4)46-43(45(41)47)36-21-11-14-24-40(36)49(46)28-25-26-33-31-17-6-5-15-29(31)30-16-7-8-18-32(30)37(33)27-28/h5-27H,1-4H3. The Bertz CT molecular complexity index is 2900. The van der Waals surface area contributed by atoms with Crippen LogP contribution in [0, 0.1) is 0 Å². The van der Waals surface area contributed by atoms with Crippen LogP contribution in [0.3, 0.4) is 0 Å². The van der Waals surface area contributed by atoms with Crippen molar-refractivity contribution in [2.75, 3.05) is 0 Å². The molecule has 0 radical (unpaired) electrons. The van der Waals surface area contributed by atoms with Crippen molar-refractivity contribution < 1.29 is 0 Å². The van der Waals surface area contributed by atoms with E-state index in [1.807, 2.05) is 0 Å². The summed E-state index contributed by atoms with van der Waals surface area (Å²) >= 11 is 0. The summed E-state index contributed by atoms with van der Waals surface area (Å²) in [6.45, 7) is 9.77. The van der Waals surface area contributed by atoms with Gasteiger partial charge in [-0.15, -0.1) is 0 Å². The van der Waals surface area contributed by atoms with Gasteiger partial charge in [-0.1, -0.05) is 149 Å². The third-order valence-corrected chi connectivity index (χ3v) is 12.1. The molecular formula is C48H35N. The summed E-state index contributed by atoms with van der Waals surface area (Å²) in [7, 11) is 0. The Kier molecular flexibility index (Phi) is 5.05. The van der Waals surface area contributed by atoms with Crippen LogP contribution in [0.5, 0.6) is 0 Å². The molecule has 9 aromatic rings. The van der Waals surface area contributed by atoms with Gasteiger partial charge in [0.25, 0.3) is 0 Å². The van der Waals surface area contributed by atoms with Crippen LogP contribution in [0.15, 0.2) is 140 Å². The maximum atomic E-state index is 2.60. The quantitative estimate of drug-likeness (QED) is 0.160. The second-order valence-electron chi connectivity index (χ2n) is 15.2. The fourth-order valence-corrected chi connectivity index (χ4v) is 10.1. The van der Waals surface area contributed by atoms with E-state index >= 15 is 0 Å². The number of nitrogens with zero attached hydrogens (tertiary/aromatic N) is 1. The van der Waals surface area contributed by atoms with Crippen LogP contribution in [-0.2, 0) is 10.8 Å². The Morgan fingerprint density at radius 3 is 1.51 bits per heavy atom. The minimum absolute atomic E-state index is 0.155. The molecule has 49 heavy (non-hydrogen) atoms. The Hall–Kier alpha value is -5.66. The number of hydrogen-bond donors (Lipinski definition) is 0. The zero-order valence-electron chi connectivity index (χ0n) is 28.2. The normalized spacial score (nSPS) is 15.3. The fourth-order valence-electron chi connectivity index (χ4n) is 10.1. The summed E-state index contributed by atoms with van der Waals surface area (Å²) in [4.78, 5) is 0. The summed E-state index contributed by atoms with van der Waals surface area (Å²) in [6.07, 6.45) is 0. The van der Waals surface area contributed by atoms with Crippen molar-refractivity contribution in [1.82, 2.24) is 4.57 Å². The molecule has 1 aromatic heterocycles. The lowest BCUT2D eigenvalue weighted by molar-refractivity contribution is 0.651. The van der Waals surface area contributed by atoms with Crippen molar-refractivity contribution in [2.45, 2.75) is 38.5 Å². The highest BCUT2D eigenvalue weighted by atomic mass is 15.0. The second kappa shape index (κ2) is 9.07. The van der Waals surface area contributed by atoms with Gasteiger partial charge < -0.3 is 4.57 Å². The molecule has 0 unspecified atom stereocenters. The van der Waals surface area contributed by atoms with Gasteiger partial charge in [-0.2, -0.15) is 0 Å². The van der Waals surface area contributed by atoms with Gasteiger partial charge in [-0.3, -0.25) is 0 Å². The third kappa shape index (κ3) is 3.22.